The van der Waals surface area contributed by atoms with E-state index < -0.39 is 15.6 Å². The molecule has 0 unspecified atom stereocenters. The van der Waals surface area contributed by atoms with Crippen molar-refractivity contribution in [3.05, 3.63) is 22.7 Å². The number of hydrogen-bond donors (Lipinski definition) is 1. The van der Waals surface area contributed by atoms with Crippen LogP contribution >= 0.6 is 15.9 Å². The zero-order valence-electron chi connectivity index (χ0n) is 10.7. The van der Waals surface area contributed by atoms with Crippen molar-refractivity contribution < 1.29 is 18.0 Å². The Bertz CT molecular complexity index is 522. The molecular weight excluding hydrogens is 322 g/mol. The molecule has 0 saturated heterocycles. The van der Waals surface area contributed by atoms with Gasteiger partial charge in [0.1, 0.15) is 5.75 Å². The second-order valence-corrected chi connectivity index (χ2v) is 7.10. The van der Waals surface area contributed by atoms with E-state index in [0.717, 1.165) is 0 Å². The Hall–Kier alpha value is -0.630. The predicted molar refractivity (Wildman–Crippen MR) is 71.9 cm³/mol. The van der Waals surface area contributed by atoms with Crippen LogP contribution in [0.25, 0.3) is 0 Å². The van der Waals surface area contributed by atoms with Crippen LogP contribution in [0.5, 0.6) is 5.75 Å². The van der Waals surface area contributed by atoms with Crippen LogP contribution in [0, 0.1) is 0 Å². The molecule has 0 fully saturated rings. The van der Waals surface area contributed by atoms with Gasteiger partial charge in [-0.3, -0.25) is 4.84 Å². The van der Waals surface area contributed by atoms with Gasteiger partial charge in [0.05, 0.1) is 22.1 Å². The predicted octanol–water partition coefficient (Wildman–Crippen LogP) is 2.47. The number of benzene rings is 1. The Balaban J connectivity index is 2.96. The summed E-state index contributed by atoms with van der Waals surface area (Å²) in [5.74, 6) is 0.561. The number of nitrogens with one attached hydrogen (secondary N) is 1. The van der Waals surface area contributed by atoms with E-state index in [9.17, 15) is 8.42 Å². The van der Waals surface area contributed by atoms with E-state index in [1.807, 2.05) is 0 Å². The molecule has 0 heterocycles. The SMILES string of the molecule is COc1ccc(S(=O)(=O)NOC(C)(C)C)cc1Br. The van der Waals surface area contributed by atoms with E-state index >= 15 is 0 Å². The van der Waals surface area contributed by atoms with Crippen LogP contribution in [0.4, 0.5) is 0 Å². The third-order valence-corrected chi connectivity index (χ3v) is 3.69. The van der Waals surface area contributed by atoms with Crippen molar-refractivity contribution in [2.45, 2.75) is 31.3 Å². The smallest absolute Gasteiger partial charge is 0.262 e. The summed E-state index contributed by atoms with van der Waals surface area (Å²) >= 11 is 3.23. The molecule has 0 aliphatic heterocycles. The van der Waals surface area contributed by atoms with Gasteiger partial charge >= 0.3 is 0 Å². The molecule has 1 N–H and O–H groups in total. The van der Waals surface area contributed by atoms with Crippen LogP contribution in [-0.2, 0) is 14.9 Å². The minimum Gasteiger partial charge on any atom is -0.496 e. The molecule has 7 heteroatoms. The first-order chi connectivity index (χ1) is 8.15. The lowest BCUT2D eigenvalue weighted by atomic mass is 10.2. The van der Waals surface area contributed by atoms with Crippen LogP contribution in [0.2, 0.25) is 0 Å². The molecule has 1 aromatic rings. The summed E-state index contributed by atoms with van der Waals surface area (Å²) in [4.78, 5) is 7.25. The molecule has 0 amide bonds. The van der Waals surface area contributed by atoms with Gasteiger partial charge in [0.25, 0.3) is 10.0 Å². The Morgan fingerprint density at radius 2 is 1.89 bits per heavy atom. The summed E-state index contributed by atoms with van der Waals surface area (Å²) in [5.41, 5.74) is -0.600. The number of sulfonamides is 1. The van der Waals surface area contributed by atoms with Gasteiger partial charge in [-0.15, -0.1) is 0 Å². The number of rotatable bonds is 4. The molecule has 1 rings (SSSR count). The lowest BCUT2D eigenvalue weighted by molar-refractivity contribution is -0.0357. The molecule has 5 nitrogen and oxygen atoms in total. The van der Waals surface area contributed by atoms with E-state index in [1.54, 1.807) is 26.8 Å². The van der Waals surface area contributed by atoms with Crippen molar-refractivity contribution in [1.29, 1.82) is 0 Å². The summed E-state index contributed by atoms with van der Waals surface area (Å²) < 4.78 is 29.5. The van der Waals surface area contributed by atoms with Crippen LogP contribution < -0.4 is 9.62 Å². The summed E-state index contributed by atoms with van der Waals surface area (Å²) in [6.07, 6.45) is 0. The molecule has 0 radical (unpaired) electrons. The fraction of sp³-hybridized carbons (Fsp3) is 0.455. The second kappa shape index (κ2) is 5.56. The van der Waals surface area contributed by atoms with Gasteiger partial charge in [-0.1, -0.05) is 4.89 Å². The quantitative estimate of drug-likeness (QED) is 0.857. The zero-order valence-corrected chi connectivity index (χ0v) is 13.1. The van der Waals surface area contributed by atoms with Crippen LogP contribution in [0.15, 0.2) is 27.6 Å². The van der Waals surface area contributed by atoms with Crippen molar-refractivity contribution in [2.75, 3.05) is 7.11 Å². The number of hydrogen-bond acceptors (Lipinski definition) is 4. The molecule has 1 aromatic carbocycles. The minimum atomic E-state index is -3.70. The maximum absolute atomic E-state index is 11.9. The number of halogens is 1. The third-order valence-electron chi connectivity index (χ3n) is 1.89. The standard InChI is InChI=1S/C11H16BrNO4S/c1-11(2,3)17-13-18(14,15)8-5-6-10(16-4)9(12)7-8/h5-7,13H,1-4H3. The highest BCUT2D eigenvalue weighted by Gasteiger charge is 2.20. The highest BCUT2D eigenvalue weighted by atomic mass is 79.9. The Morgan fingerprint density at radius 1 is 1.28 bits per heavy atom. The first kappa shape index (κ1) is 15.4. The number of ether oxygens (including phenoxy) is 1. The van der Waals surface area contributed by atoms with E-state index in [2.05, 4.69) is 20.8 Å². The molecule has 0 aromatic heterocycles. The highest BCUT2D eigenvalue weighted by molar-refractivity contribution is 9.10. The van der Waals surface area contributed by atoms with E-state index in [4.69, 9.17) is 9.57 Å². The average Bonchev–Trinajstić information content (AvgIpc) is 2.25. The van der Waals surface area contributed by atoms with Crippen molar-refractivity contribution >= 4 is 26.0 Å². The van der Waals surface area contributed by atoms with Gasteiger partial charge in [0.15, 0.2) is 0 Å². The number of methoxy groups -OCH3 is 1. The molecule has 0 atom stereocenters. The Morgan fingerprint density at radius 3 is 2.33 bits per heavy atom. The van der Waals surface area contributed by atoms with Crippen molar-refractivity contribution in [3.8, 4) is 5.75 Å². The van der Waals surface area contributed by atoms with Gasteiger partial charge in [-0.05, 0) is 54.9 Å². The summed E-state index contributed by atoms with van der Waals surface area (Å²) in [7, 11) is -2.19. The molecule has 0 aliphatic carbocycles. The lowest BCUT2D eigenvalue weighted by Crippen LogP contribution is -2.33. The van der Waals surface area contributed by atoms with E-state index in [0.29, 0.717) is 10.2 Å². The average molecular weight is 338 g/mol. The largest absolute Gasteiger partial charge is 0.496 e. The molecule has 0 bridgehead atoms. The first-order valence-corrected chi connectivity index (χ1v) is 7.47. The van der Waals surface area contributed by atoms with Gasteiger partial charge in [-0.25, -0.2) is 8.42 Å². The fourth-order valence-corrected chi connectivity index (χ4v) is 2.71. The summed E-state index contributed by atoms with van der Waals surface area (Å²) in [6.45, 7) is 5.25. The maximum Gasteiger partial charge on any atom is 0.262 e. The topological polar surface area (TPSA) is 64.6 Å². The van der Waals surface area contributed by atoms with Crippen molar-refractivity contribution in [3.63, 3.8) is 0 Å². The van der Waals surface area contributed by atoms with Gasteiger partial charge in [0, 0.05) is 0 Å². The Kier molecular flexibility index (Phi) is 4.77. The molecule has 0 aliphatic rings. The zero-order chi connectivity index (χ0) is 14.0. The van der Waals surface area contributed by atoms with Crippen molar-refractivity contribution in [1.82, 2.24) is 4.89 Å². The molecular formula is C11H16BrNO4S. The maximum atomic E-state index is 11.9. The van der Waals surface area contributed by atoms with E-state index in [-0.39, 0.29) is 4.90 Å². The fourth-order valence-electron chi connectivity index (χ4n) is 1.04. The van der Waals surface area contributed by atoms with Crippen LogP contribution in [-0.4, -0.2) is 21.1 Å². The van der Waals surface area contributed by atoms with Gasteiger partial charge in [-0.2, -0.15) is 0 Å². The molecule has 18 heavy (non-hydrogen) atoms. The van der Waals surface area contributed by atoms with Gasteiger partial charge in [0.2, 0.25) is 0 Å². The molecule has 0 spiro atoms. The minimum absolute atomic E-state index is 0.0967. The van der Waals surface area contributed by atoms with E-state index in [1.165, 1.54) is 19.2 Å². The second-order valence-electron chi connectivity index (χ2n) is 4.60. The normalized spacial score (nSPS) is 12.5. The highest BCUT2D eigenvalue weighted by Crippen LogP contribution is 2.27. The molecule has 0 saturated carbocycles. The lowest BCUT2D eigenvalue weighted by Gasteiger charge is -2.19. The monoisotopic (exact) mass is 337 g/mol. The van der Waals surface area contributed by atoms with Gasteiger partial charge < -0.3 is 4.74 Å². The van der Waals surface area contributed by atoms with Crippen LogP contribution in [0.1, 0.15) is 20.8 Å². The van der Waals surface area contributed by atoms with Crippen LogP contribution in [0.3, 0.4) is 0 Å². The molecule has 102 valence electrons. The summed E-state index contributed by atoms with van der Waals surface area (Å²) in [5, 5.41) is 0. The first-order valence-electron chi connectivity index (χ1n) is 5.19. The van der Waals surface area contributed by atoms with Crippen molar-refractivity contribution in [2.24, 2.45) is 0 Å². The Labute approximate surface area is 116 Å². The third kappa shape index (κ3) is 4.24. The summed E-state index contributed by atoms with van der Waals surface area (Å²) in [6, 6.07) is 4.46.